The molecule has 0 spiro atoms. The maximum absolute atomic E-state index is 12.7. The molecule has 7 nitrogen and oxygen atoms in total. The third-order valence-electron chi connectivity index (χ3n) is 6.89. The fourth-order valence-electron chi connectivity index (χ4n) is 4.77. The molecule has 182 valence electrons. The molecule has 2 aliphatic heterocycles. The summed E-state index contributed by atoms with van der Waals surface area (Å²) in [6.07, 6.45) is 2.93. The molecule has 3 amide bonds. The molecule has 2 aromatic carbocycles. The van der Waals surface area contributed by atoms with E-state index in [0.717, 1.165) is 69.8 Å². The summed E-state index contributed by atoms with van der Waals surface area (Å²) in [4.78, 5) is 32.2. The van der Waals surface area contributed by atoms with Crippen molar-refractivity contribution in [2.45, 2.75) is 25.2 Å². The second-order valence-corrected chi connectivity index (χ2v) is 9.46. The van der Waals surface area contributed by atoms with Crippen LogP contribution in [0.15, 0.2) is 54.6 Å². The number of likely N-dealkylation sites (N-methyl/N-ethyl adjacent to an activating group) is 1. The lowest BCUT2D eigenvalue weighted by atomic mass is 9.89. The molecule has 34 heavy (non-hydrogen) atoms. The Hall–Kier alpha value is -2.90. The van der Waals surface area contributed by atoms with Gasteiger partial charge in [-0.3, -0.25) is 4.79 Å². The number of piperazine rings is 1. The number of hydrogen-bond acceptors (Lipinski definition) is 4. The fraction of sp³-hybridized carbons (Fsp3) is 0.481. The fourth-order valence-corrected chi connectivity index (χ4v) is 4.77. The summed E-state index contributed by atoms with van der Waals surface area (Å²) in [5, 5.41) is 6.07. The van der Waals surface area contributed by atoms with Crippen LogP contribution >= 0.6 is 0 Å². The number of para-hydroxylation sites is 1. The smallest absolute Gasteiger partial charge is 0.321 e. The van der Waals surface area contributed by atoms with E-state index >= 15 is 0 Å². The number of carbonyl (C=O) groups is 2. The number of rotatable bonds is 7. The second-order valence-electron chi connectivity index (χ2n) is 9.46. The van der Waals surface area contributed by atoms with Crippen LogP contribution in [0.2, 0.25) is 0 Å². The Morgan fingerprint density at radius 3 is 2.56 bits per heavy atom. The number of nitrogens with one attached hydrogen (secondary N) is 2. The van der Waals surface area contributed by atoms with Gasteiger partial charge in [0.1, 0.15) is 0 Å². The van der Waals surface area contributed by atoms with E-state index in [1.165, 1.54) is 0 Å². The number of anilines is 1. The van der Waals surface area contributed by atoms with Gasteiger partial charge in [0, 0.05) is 63.0 Å². The van der Waals surface area contributed by atoms with E-state index in [9.17, 15) is 9.59 Å². The van der Waals surface area contributed by atoms with Crippen molar-refractivity contribution in [2.75, 3.05) is 64.7 Å². The lowest BCUT2D eigenvalue weighted by molar-refractivity contribution is 0.0949. The summed E-state index contributed by atoms with van der Waals surface area (Å²) in [5.74, 6) is 0.218. The predicted octanol–water partition coefficient (Wildman–Crippen LogP) is 3.47. The van der Waals surface area contributed by atoms with E-state index in [1.807, 2.05) is 53.4 Å². The Labute approximate surface area is 203 Å². The summed E-state index contributed by atoms with van der Waals surface area (Å²) in [7, 11) is 2.16. The van der Waals surface area contributed by atoms with Crippen molar-refractivity contribution in [1.29, 1.82) is 0 Å². The van der Waals surface area contributed by atoms with Crippen molar-refractivity contribution in [1.82, 2.24) is 20.0 Å². The molecule has 0 aliphatic carbocycles. The molecule has 7 heteroatoms. The number of nitrogens with zero attached hydrogens (tertiary/aromatic N) is 3. The van der Waals surface area contributed by atoms with Crippen molar-refractivity contribution in [3.05, 3.63) is 65.7 Å². The molecular formula is C27H37N5O2. The Kier molecular flexibility index (Phi) is 8.55. The van der Waals surface area contributed by atoms with Crippen molar-refractivity contribution >= 4 is 17.6 Å². The number of carbonyl (C=O) groups excluding carboxylic acids is 2. The van der Waals surface area contributed by atoms with Gasteiger partial charge in [-0.1, -0.05) is 30.3 Å². The molecule has 0 saturated carbocycles. The van der Waals surface area contributed by atoms with Crippen LogP contribution in [0.3, 0.4) is 0 Å². The Bertz CT molecular complexity index is 943. The molecule has 2 saturated heterocycles. The van der Waals surface area contributed by atoms with Crippen LogP contribution in [-0.2, 0) is 0 Å². The number of urea groups is 1. The molecule has 2 aliphatic rings. The first kappa shape index (κ1) is 24.2. The number of hydrogen-bond donors (Lipinski definition) is 2. The lowest BCUT2D eigenvalue weighted by Gasteiger charge is -2.33. The number of amides is 3. The summed E-state index contributed by atoms with van der Waals surface area (Å²) >= 11 is 0. The van der Waals surface area contributed by atoms with Gasteiger partial charge in [0.2, 0.25) is 0 Å². The van der Waals surface area contributed by atoms with Gasteiger partial charge in [-0.25, -0.2) is 4.79 Å². The van der Waals surface area contributed by atoms with E-state index in [0.29, 0.717) is 18.7 Å². The first-order chi connectivity index (χ1) is 16.6. The minimum absolute atomic E-state index is 0.0188. The van der Waals surface area contributed by atoms with Gasteiger partial charge in [0.05, 0.1) is 0 Å². The van der Waals surface area contributed by atoms with Crippen LogP contribution in [0.1, 0.15) is 41.1 Å². The third kappa shape index (κ3) is 6.81. The zero-order chi connectivity index (χ0) is 23.8. The van der Waals surface area contributed by atoms with Crippen molar-refractivity contribution in [2.24, 2.45) is 0 Å². The summed E-state index contributed by atoms with van der Waals surface area (Å²) < 4.78 is 0. The van der Waals surface area contributed by atoms with Gasteiger partial charge in [-0.05, 0) is 62.7 Å². The predicted molar refractivity (Wildman–Crippen MR) is 136 cm³/mol. The van der Waals surface area contributed by atoms with Gasteiger partial charge in [0.15, 0.2) is 0 Å². The molecule has 2 fully saturated rings. The molecule has 0 aromatic heterocycles. The minimum Gasteiger partial charge on any atom is -0.352 e. The van der Waals surface area contributed by atoms with Crippen LogP contribution in [-0.4, -0.2) is 86.0 Å². The Balaban J connectivity index is 1.26. The average molecular weight is 464 g/mol. The zero-order valence-electron chi connectivity index (χ0n) is 20.2. The highest BCUT2D eigenvalue weighted by atomic mass is 16.2. The maximum Gasteiger partial charge on any atom is 0.321 e. The van der Waals surface area contributed by atoms with E-state index in [1.54, 1.807) is 0 Å². The maximum atomic E-state index is 12.7. The van der Waals surface area contributed by atoms with Crippen LogP contribution in [0.5, 0.6) is 0 Å². The van der Waals surface area contributed by atoms with E-state index in [-0.39, 0.29) is 17.9 Å². The van der Waals surface area contributed by atoms with Gasteiger partial charge < -0.3 is 25.3 Å². The molecule has 1 atom stereocenters. The van der Waals surface area contributed by atoms with E-state index < -0.39 is 0 Å². The first-order valence-electron chi connectivity index (χ1n) is 12.5. The topological polar surface area (TPSA) is 67.9 Å². The summed E-state index contributed by atoms with van der Waals surface area (Å²) in [6.45, 7) is 7.57. The van der Waals surface area contributed by atoms with Crippen LogP contribution in [0, 0.1) is 0 Å². The SMILES string of the molecule is CN1CCN(CCCNC(=O)c2cccc([C@@H]3CCCN(C(=O)Nc4ccccc4)C3)c2)CC1. The molecule has 2 aromatic rings. The van der Waals surface area contributed by atoms with E-state index in [2.05, 4.69) is 33.5 Å². The average Bonchev–Trinajstić information content (AvgIpc) is 2.88. The first-order valence-corrected chi connectivity index (χ1v) is 12.5. The van der Waals surface area contributed by atoms with Gasteiger partial charge >= 0.3 is 6.03 Å². The monoisotopic (exact) mass is 463 g/mol. The quantitative estimate of drug-likeness (QED) is 0.617. The second kappa shape index (κ2) is 12.0. The third-order valence-corrected chi connectivity index (χ3v) is 6.89. The normalized spacial score (nSPS) is 19.6. The molecule has 0 radical (unpaired) electrons. The van der Waals surface area contributed by atoms with Crippen molar-refractivity contribution in [3.8, 4) is 0 Å². The van der Waals surface area contributed by atoms with Crippen LogP contribution in [0.25, 0.3) is 0 Å². The Morgan fingerprint density at radius 1 is 0.971 bits per heavy atom. The van der Waals surface area contributed by atoms with Gasteiger partial charge in [0.25, 0.3) is 5.91 Å². The van der Waals surface area contributed by atoms with Crippen molar-refractivity contribution < 1.29 is 9.59 Å². The lowest BCUT2D eigenvalue weighted by Crippen LogP contribution is -2.45. The Morgan fingerprint density at radius 2 is 1.76 bits per heavy atom. The number of benzene rings is 2. The standard InChI is InChI=1S/C27H37N5O2/c1-30-16-18-31(19-17-30)14-7-13-28-26(33)23-9-5-8-22(20-23)24-10-6-15-32(21-24)27(34)29-25-11-3-2-4-12-25/h2-5,8-9,11-12,20,24H,6-7,10,13-19,21H2,1H3,(H,28,33)(H,29,34)/t24-/m1/s1. The highest BCUT2D eigenvalue weighted by Crippen LogP contribution is 2.28. The van der Waals surface area contributed by atoms with Gasteiger partial charge in [-0.2, -0.15) is 0 Å². The molecule has 2 N–H and O–H groups in total. The minimum atomic E-state index is -0.0647. The highest BCUT2D eigenvalue weighted by molar-refractivity contribution is 5.94. The highest BCUT2D eigenvalue weighted by Gasteiger charge is 2.25. The number of piperidine rings is 1. The molecular weight excluding hydrogens is 426 g/mol. The van der Waals surface area contributed by atoms with Crippen LogP contribution in [0.4, 0.5) is 10.5 Å². The molecule has 0 unspecified atom stereocenters. The largest absolute Gasteiger partial charge is 0.352 e. The number of likely N-dealkylation sites (tertiary alicyclic amines) is 1. The molecule has 0 bridgehead atoms. The zero-order valence-corrected chi connectivity index (χ0v) is 20.2. The van der Waals surface area contributed by atoms with Gasteiger partial charge in [-0.15, -0.1) is 0 Å². The van der Waals surface area contributed by atoms with E-state index in [4.69, 9.17) is 0 Å². The van der Waals surface area contributed by atoms with Crippen LogP contribution < -0.4 is 10.6 Å². The molecule has 4 rings (SSSR count). The van der Waals surface area contributed by atoms with Crippen molar-refractivity contribution in [3.63, 3.8) is 0 Å². The molecule has 2 heterocycles. The summed E-state index contributed by atoms with van der Waals surface area (Å²) in [6, 6.07) is 17.4. The summed E-state index contributed by atoms with van der Waals surface area (Å²) in [5.41, 5.74) is 2.63.